The van der Waals surface area contributed by atoms with E-state index in [9.17, 15) is 0 Å². The summed E-state index contributed by atoms with van der Waals surface area (Å²) in [5, 5.41) is 1.14. The summed E-state index contributed by atoms with van der Waals surface area (Å²) < 4.78 is 11.3. The smallest absolute Gasteiger partial charge is 0.162 e. The minimum Gasteiger partial charge on any atom is -0.350 e. The molecule has 0 aliphatic carbocycles. The highest BCUT2D eigenvalue weighted by Gasteiger charge is 2.27. The Morgan fingerprint density at radius 1 is 1.07 bits per heavy atom. The first-order chi connectivity index (χ1) is 7.14. The lowest BCUT2D eigenvalue weighted by molar-refractivity contribution is -0.262. The first kappa shape index (κ1) is 13.5. The van der Waals surface area contributed by atoms with Gasteiger partial charge in [-0.25, -0.2) is 0 Å². The molecule has 0 spiro atoms. The Kier molecular flexibility index (Phi) is 6.17. The molecule has 0 N–H and O–H groups in total. The van der Waals surface area contributed by atoms with Crippen LogP contribution in [-0.2, 0) is 9.47 Å². The van der Waals surface area contributed by atoms with Crippen LogP contribution in [-0.4, -0.2) is 24.3 Å². The highest BCUT2D eigenvalue weighted by molar-refractivity contribution is 9.09. The van der Waals surface area contributed by atoms with Gasteiger partial charge in [-0.3, -0.25) is 0 Å². The molecule has 0 radical (unpaired) electrons. The minimum absolute atomic E-state index is 0.355. The predicted molar refractivity (Wildman–Crippen MR) is 66.4 cm³/mol. The molecule has 0 bridgehead atoms. The van der Waals surface area contributed by atoms with Crippen molar-refractivity contribution in [2.45, 2.75) is 51.7 Å². The van der Waals surface area contributed by atoms with Crippen LogP contribution in [0.15, 0.2) is 0 Å². The van der Waals surface area contributed by atoms with Gasteiger partial charge in [-0.15, -0.1) is 0 Å². The number of hydrogen-bond donors (Lipinski definition) is 0. The van der Waals surface area contributed by atoms with Crippen LogP contribution in [0, 0.1) is 5.92 Å². The summed E-state index contributed by atoms with van der Waals surface area (Å²) in [5.41, 5.74) is 0. The zero-order chi connectivity index (χ0) is 11.1. The van der Waals surface area contributed by atoms with Gasteiger partial charge in [0.25, 0.3) is 0 Å². The fourth-order valence-electron chi connectivity index (χ4n) is 1.77. The van der Waals surface area contributed by atoms with Gasteiger partial charge in [0.05, 0.1) is 13.2 Å². The predicted octanol–water partition coefficient (Wildman–Crippen LogP) is 3.73. The van der Waals surface area contributed by atoms with E-state index in [0.29, 0.717) is 5.92 Å². The molecule has 90 valence electrons. The molecule has 3 heteroatoms. The minimum atomic E-state index is -0.355. The molecule has 1 heterocycles. The van der Waals surface area contributed by atoms with Gasteiger partial charge in [-0.2, -0.15) is 0 Å². The lowest BCUT2D eigenvalue weighted by Crippen LogP contribution is -2.39. The van der Waals surface area contributed by atoms with E-state index in [1.807, 2.05) is 13.8 Å². The van der Waals surface area contributed by atoms with Gasteiger partial charge in [-0.1, -0.05) is 35.2 Å². The summed E-state index contributed by atoms with van der Waals surface area (Å²) in [5.74, 6) is 0.258. The zero-order valence-electron chi connectivity index (χ0n) is 9.93. The standard InChI is InChI=1S/C12H23BrO2/c1-12(2)14-9-11(10-15-12)7-5-3-4-6-8-13/h11H,3-10H2,1-2H3. The van der Waals surface area contributed by atoms with Crippen LogP contribution in [0.2, 0.25) is 0 Å². The second kappa shape index (κ2) is 6.87. The lowest BCUT2D eigenvalue weighted by Gasteiger charge is -2.35. The number of alkyl halides is 1. The van der Waals surface area contributed by atoms with Crippen LogP contribution in [0.25, 0.3) is 0 Å². The molecular weight excluding hydrogens is 256 g/mol. The Morgan fingerprint density at radius 3 is 2.27 bits per heavy atom. The van der Waals surface area contributed by atoms with Crippen LogP contribution >= 0.6 is 15.9 Å². The van der Waals surface area contributed by atoms with Gasteiger partial charge in [0.2, 0.25) is 0 Å². The summed E-state index contributed by atoms with van der Waals surface area (Å²) >= 11 is 3.45. The summed E-state index contributed by atoms with van der Waals surface area (Å²) in [4.78, 5) is 0. The Labute approximate surface area is 102 Å². The van der Waals surface area contributed by atoms with E-state index in [1.54, 1.807) is 0 Å². The highest BCUT2D eigenvalue weighted by atomic mass is 79.9. The van der Waals surface area contributed by atoms with Crippen LogP contribution in [0.1, 0.15) is 46.0 Å². The molecule has 1 saturated heterocycles. The number of ether oxygens (including phenoxy) is 2. The average molecular weight is 279 g/mol. The topological polar surface area (TPSA) is 18.5 Å². The van der Waals surface area contributed by atoms with Gasteiger partial charge in [0.15, 0.2) is 5.79 Å². The van der Waals surface area contributed by atoms with Crippen LogP contribution in [0.4, 0.5) is 0 Å². The fraction of sp³-hybridized carbons (Fsp3) is 1.00. The van der Waals surface area contributed by atoms with Crippen molar-refractivity contribution in [1.82, 2.24) is 0 Å². The van der Waals surface area contributed by atoms with Crippen molar-refractivity contribution < 1.29 is 9.47 Å². The monoisotopic (exact) mass is 278 g/mol. The molecule has 0 aromatic rings. The molecule has 0 aromatic heterocycles. The van der Waals surface area contributed by atoms with E-state index in [1.165, 1.54) is 32.1 Å². The summed E-state index contributed by atoms with van der Waals surface area (Å²) in [6, 6.07) is 0. The van der Waals surface area contributed by atoms with Gasteiger partial charge >= 0.3 is 0 Å². The van der Waals surface area contributed by atoms with Crippen molar-refractivity contribution in [3.05, 3.63) is 0 Å². The van der Waals surface area contributed by atoms with Crippen molar-refractivity contribution in [3.63, 3.8) is 0 Å². The maximum atomic E-state index is 5.63. The largest absolute Gasteiger partial charge is 0.350 e. The summed E-state index contributed by atoms with van der Waals surface area (Å²) in [6.45, 7) is 5.70. The van der Waals surface area contributed by atoms with Crippen LogP contribution in [0.5, 0.6) is 0 Å². The Bertz CT molecular complexity index is 161. The van der Waals surface area contributed by atoms with Gasteiger partial charge in [-0.05, 0) is 26.7 Å². The van der Waals surface area contributed by atoms with Gasteiger partial charge in [0, 0.05) is 11.2 Å². The number of halogens is 1. The first-order valence-corrected chi connectivity index (χ1v) is 7.10. The third-order valence-electron chi connectivity index (χ3n) is 2.83. The molecule has 1 rings (SSSR count). The van der Waals surface area contributed by atoms with Crippen molar-refractivity contribution in [3.8, 4) is 0 Å². The second-order valence-corrected chi connectivity index (χ2v) is 5.57. The molecule has 2 nitrogen and oxygen atoms in total. The number of hydrogen-bond acceptors (Lipinski definition) is 2. The quantitative estimate of drug-likeness (QED) is 0.545. The lowest BCUT2D eigenvalue weighted by atomic mass is 10.0. The Hall–Kier alpha value is 0.400. The van der Waals surface area contributed by atoms with Crippen molar-refractivity contribution in [2.24, 2.45) is 5.92 Å². The SMILES string of the molecule is CC1(C)OCC(CCCCCCBr)CO1. The van der Waals surface area contributed by atoms with E-state index >= 15 is 0 Å². The first-order valence-electron chi connectivity index (χ1n) is 5.98. The molecule has 0 aromatic carbocycles. The fourth-order valence-corrected chi connectivity index (χ4v) is 2.17. The van der Waals surface area contributed by atoms with E-state index in [0.717, 1.165) is 18.5 Å². The molecule has 0 saturated carbocycles. The summed E-state index contributed by atoms with van der Waals surface area (Å²) in [7, 11) is 0. The Balaban J connectivity index is 1.99. The van der Waals surface area contributed by atoms with E-state index in [2.05, 4.69) is 15.9 Å². The average Bonchev–Trinajstić information content (AvgIpc) is 2.20. The molecule has 15 heavy (non-hydrogen) atoms. The van der Waals surface area contributed by atoms with Gasteiger partial charge < -0.3 is 9.47 Å². The van der Waals surface area contributed by atoms with Crippen molar-refractivity contribution in [1.29, 1.82) is 0 Å². The molecule has 0 amide bonds. The van der Waals surface area contributed by atoms with Gasteiger partial charge in [0.1, 0.15) is 0 Å². The number of rotatable bonds is 6. The second-order valence-electron chi connectivity index (χ2n) is 4.78. The highest BCUT2D eigenvalue weighted by Crippen LogP contribution is 2.23. The molecule has 0 atom stereocenters. The van der Waals surface area contributed by atoms with Crippen LogP contribution < -0.4 is 0 Å². The molecule has 0 unspecified atom stereocenters. The zero-order valence-corrected chi connectivity index (χ0v) is 11.5. The maximum Gasteiger partial charge on any atom is 0.162 e. The normalized spacial score (nSPS) is 21.8. The molecular formula is C12H23BrO2. The van der Waals surface area contributed by atoms with E-state index < -0.39 is 0 Å². The number of unbranched alkanes of at least 4 members (excludes halogenated alkanes) is 3. The third kappa shape index (κ3) is 5.88. The third-order valence-corrected chi connectivity index (χ3v) is 3.39. The van der Waals surface area contributed by atoms with Crippen molar-refractivity contribution >= 4 is 15.9 Å². The van der Waals surface area contributed by atoms with Crippen LogP contribution in [0.3, 0.4) is 0 Å². The maximum absolute atomic E-state index is 5.63. The molecule has 1 aliphatic rings. The van der Waals surface area contributed by atoms with Crippen molar-refractivity contribution in [2.75, 3.05) is 18.5 Å². The van der Waals surface area contributed by atoms with E-state index in [4.69, 9.17) is 9.47 Å². The molecule has 1 fully saturated rings. The van der Waals surface area contributed by atoms with E-state index in [-0.39, 0.29) is 5.79 Å². The summed E-state index contributed by atoms with van der Waals surface area (Å²) in [6.07, 6.45) is 6.53. The molecule has 1 aliphatic heterocycles. The Morgan fingerprint density at radius 2 is 1.67 bits per heavy atom.